The fraction of sp³-hybridized carbons (Fsp3) is 0.947. The molecule has 95 heavy (non-hydrogen) atoms. The van der Waals surface area contributed by atoms with Gasteiger partial charge >= 0.3 is 39.5 Å². The van der Waals surface area contributed by atoms with Crippen LogP contribution in [0.4, 0.5) is 0 Å². The predicted molar refractivity (Wildman–Crippen MR) is 386 cm³/mol. The van der Waals surface area contributed by atoms with Crippen LogP contribution in [0, 0.1) is 11.8 Å². The highest BCUT2D eigenvalue weighted by Crippen LogP contribution is 2.45. The molecule has 0 bridgehead atoms. The van der Waals surface area contributed by atoms with Crippen molar-refractivity contribution in [3.63, 3.8) is 0 Å². The van der Waals surface area contributed by atoms with Crippen LogP contribution in [0.15, 0.2) is 0 Å². The van der Waals surface area contributed by atoms with Crippen LogP contribution in [-0.2, 0) is 65.4 Å². The summed E-state index contributed by atoms with van der Waals surface area (Å²) in [7, 11) is -9.91. The van der Waals surface area contributed by atoms with Gasteiger partial charge in [-0.3, -0.25) is 37.3 Å². The second-order valence-corrected chi connectivity index (χ2v) is 31.0. The van der Waals surface area contributed by atoms with E-state index < -0.39 is 97.5 Å². The summed E-state index contributed by atoms with van der Waals surface area (Å²) >= 11 is 0. The van der Waals surface area contributed by atoms with Gasteiger partial charge in [-0.1, -0.05) is 343 Å². The molecule has 564 valence electrons. The summed E-state index contributed by atoms with van der Waals surface area (Å²) in [5, 5.41) is 10.6. The molecule has 3 unspecified atom stereocenters. The molecule has 0 aliphatic heterocycles. The standard InChI is InChI=1S/C76H148O17P2/c1-7-10-12-14-16-18-20-21-22-23-28-35-41-47-53-59-74(79)87-65-71(92-75(80)60-54-48-42-36-29-25-24-27-32-38-44-50-56-68(4)5)66-90-94(82,83)88-62-70(77)63-89-95(84,85)91-67-72(64-86-73(78)58-52-46-40-34-26-19-17-15-13-11-8-2)93-76(81)61-55-49-43-37-31-30-33-39-45-51-57-69(6)9-3/h68-72,77H,7-67H2,1-6H3,(H,82,83)(H,84,85)/t69?,70-,71-,72-/m1/s1. The maximum atomic E-state index is 13.1. The second kappa shape index (κ2) is 67.9. The third-order valence-corrected chi connectivity index (χ3v) is 20.0. The number of unbranched alkanes of at least 4 members (excludes halogenated alkanes) is 44. The van der Waals surface area contributed by atoms with Crippen molar-refractivity contribution in [2.45, 2.75) is 413 Å². The number of carbonyl (C=O) groups is 4. The van der Waals surface area contributed by atoms with E-state index in [1.165, 1.54) is 212 Å². The van der Waals surface area contributed by atoms with Gasteiger partial charge in [0, 0.05) is 25.7 Å². The largest absolute Gasteiger partial charge is 0.472 e. The van der Waals surface area contributed by atoms with E-state index in [0.717, 1.165) is 102 Å². The molecule has 0 saturated heterocycles. The lowest BCUT2D eigenvalue weighted by Crippen LogP contribution is -2.30. The SMILES string of the molecule is CCCCCCCCCCCCCCCCCC(=O)OC[C@H](COP(=O)(O)OC[C@@H](O)COP(=O)(O)OC[C@@H](COC(=O)CCCCCCCCCCCCC)OC(=O)CCCCCCCCCCCCC(C)CC)OC(=O)CCCCCCCCCCCCCCC(C)C. The molecule has 0 spiro atoms. The number of aliphatic hydroxyl groups excluding tert-OH is 1. The van der Waals surface area contributed by atoms with E-state index in [4.69, 9.17) is 37.0 Å². The zero-order valence-corrected chi connectivity index (χ0v) is 63.8. The highest BCUT2D eigenvalue weighted by atomic mass is 31.2. The van der Waals surface area contributed by atoms with Crippen LogP contribution < -0.4 is 0 Å². The number of phosphoric acid groups is 2. The smallest absolute Gasteiger partial charge is 0.462 e. The third kappa shape index (κ3) is 69.0. The Hall–Kier alpha value is -1.94. The van der Waals surface area contributed by atoms with Crippen LogP contribution in [0.2, 0.25) is 0 Å². The second-order valence-electron chi connectivity index (χ2n) is 28.1. The van der Waals surface area contributed by atoms with Crippen molar-refractivity contribution in [1.82, 2.24) is 0 Å². The Balaban J connectivity index is 5.26. The van der Waals surface area contributed by atoms with E-state index in [-0.39, 0.29) is 25.7 Å². The van der Waals surface area contributed by atoms with Crippen molar-refractivity contribution in [2.24, 2.45) is 11.8 Å². The normalized spacial score (nSPS) is 14.3. The molecule has 0 heterocycles. The summed E-state index contributed by atoms with van der Waals surface area (Å²) < 4.78 is 68.6. The fourth-order valence-electron chi connectivity index (χ4n) is 11.6. The number of hydrogen-bond donors (Lipinski definition) is 3. The van der Waals surface area contributed by atoms with Gasteiger partial charge in [0.2, 0.25) is 0 Å². The average Bonchev–Trinajstić information content (AvgIpc) is 1.76. The maximum absolute atomic E-state index is 13.1. The van der Waals surface area contributed by atoms with Crippen LogP contribution in [0.3, 0.4) is 0 Å². The molecular weight excluding hydrogens is 1250 g/mol. The Bertz CT molecular complexity index is 1840. The molecule has 17 nitrogen and oxygen atoms in total. The van der Waals surface area contributed by atoms with E-state index in [2.05, 4.69) is 41.5 Å². The number of phosphoric ester groups is 2. The molecule has 0 aliphatic rings. The zero-order valence-electron chi connectivity index (χ0n) is 62.0. The Morgan fingerprint density at radius 3 is 0.800 bits per heavy atom. The molecule has 0 radical (unpaired) electrons. The first-order chi connectivity index (χ1) is 45.9. The molecule has 0 saturated carbocycles. The number of hydrogen-bond acceptors (Lipinski definition) is 15. The minimum atomic E-state index is -4.96. The fourth-order valence-corrected chi connectivity index (χ4v) is 13.2. The first-order valence-corrected chi connectivity index (χ1v) is 42.5. The van der Waals surface area contributed by atoms with E-state index in [0.29, 0.717) is 25.7 Å². The maximum Gasteiger partial charge on any atom is 0.472 e. The molecule has 6 atom stereocenters. The van der Waals surface area contributed by atoms with Crippen LogP contribution in [0.1, 0.15) is 395 Å². The Morgan fingerprint density at radius 2 is 0.537 bits per heavy atom. The van der Waals surface area contributed by atoms with E-state index in [9.17, 15) is 43.2 Å². The molecule has 0 aromatic heterocycles. The summed E-state index contributed by atoms with van der Waals surface area (Å²) in [5.74, 6) is -0.533. The molecule has 0 aromatic carbocycles. The molecule has 19 heteroatoms. The molecule has 0 aromatic rings. The molecule has 0 rings (SSSR count). The number of rotatable bonds is 75. The van der Waals surface area contributed by atoms with Crippen molar-refractivity contribution >= 4 is 39.5 Å². The Labute approximate surface area is 581 Å². The van der Waals surface area contributed by atoms with E-state index in [1.54, 1.807) is 0 Å². The van der Waals surface area contributed by atoms with Gasteiger partial charge in [0.05, 0.1) is 26.4 Å². The quantitative estimate of drug-likeness (QED) is 0.0222. The van der Waals surface area contributed by atoms with Crippen LogP contribution in [0.25, 0.3) is 0 Å². The highest BCUT2D eigenvalue weighted by molar-refractivity contribution is 7.47. The lowest BCUT2D eigenvalue weighted by Gasteiger charge is -2.21. The first kappa shape index (κ1) is 93.1. The van der Waals surface area contributed by atoms with Crippen molar-refractivity contribution in [3.05, 3.63) is 0 Å². The summed E-state index contributed by atoms with van der Waals surface area (Å²) in [6, 6.07) is 0. The van der Waals surface area contributed by atoms with Crippen molar-refractivity contribution in [3.8, 4) is 0 Å². The van der Waals surface area contributed by atoms with Gasteiger partial charge in [-0.2, -0.15) is 0 Å². The number of esters is 4. The van der Waals surface area contributed by atoms with Crippen molar-refractivity contribution in [1.29, 1.82) is 0 Å². The van der Waals surface area contributed by atoms with Crippen molar-refractivity contribution in [2.75, 3.05) is 39.6 Å². The monoisotopic (exact) mass is 1400 g/mol. The molecule has 3 N–H and O–H groups in total. The first-order valence-electron chi connectivity index (χ1n) is 39.5. The highest BCUT2D eigenvalue weighted by Gasteiger charge is 2.30. The minimum Gasteiger partial charge on any atom is -0.462 e. The predicted octanol–water partition coefficient (Wildman–Crippen LogP) is 22.3. The van der Waals surface area contributed by atoms with Gasteiger partial charge in [0.1, 0.15) is 19.3 Å². The summed E-state index contributed by atoms with van der Waals surface area (Å²) in [6.45, 7) is 9.63. The van der Waals surface area contributed by atoms with Crippen LogP contribution in [0.5, 0.6) is 0 Å². The molecule has 0 amide bonds. The van der Waals surface area contributed by atoms with Crippen LogP contribution in [-0.4, -0.2) is 96.7 Å². The van der Waals surface area contributed by atoms with E-state index in [1.807, 2.05) is 0 Å². The van der Waals surface area contributed by atoms with Gasteiger partial charge in [-0.05, 0) is 37.5 Å². The third-order valence-electron chi connectivity index (χ3n) is 18.1. The number of aliphatic hydroxyl groups is 1. The lowest BCUT2D eigenvalue weighted by atomic mass is 9.99. The van der Waals surface area contributed by atoms with Gasteiger partial charge in [-0.25, -0.2) is 9.13 Å². The van der Waals surface area contributed by atoms with E-state index >= 15 is 0 Å². The zero-order chi connectivity index (χ0) is 70.0. The molecular formula is C76H148O17P2. The van der Waals surface area contributed by atoms with Gasteiger partial charge in [0.15, 0.2) is 12.2 Å². The Kier molecular flexibility index (Phi) is 66.5. The lowest BCUT2D eigenvalue weighted by molar-refractivity contribution is -0.161. The number of ether oxygens (including phenoxy) is 4. The Morgan fingerprint density at radius 1 is 0.305 bits per heavy atom. The molecule has 0 fully saturated rings. The minimum absolute atomic E-state index is 0.107. The number of carbonyl (C=O) groups excluding carboxylic acids is 4. The van der Waals surface area contributed by atoms with Gasteiger partial charge in [-0.15, -0.1) is 0 Å². The van der Waals surface area contributed by atoms with Gasteiger partial charge < -0.3 is 33.8 Å². The summed E-state index contributed by atoms with van der Waals surface area (Å²) in [4.78, 5) is 72.8. The molecule has 0 aliphatic carbocycles. The van der Waals surface area contributed by atoms with Crippen LogP contribution >= 0.6 is 15.6 Å². The summed E-state index contributed by atoms with van der Waals surface area (Å²) in [6.07, 6.45) is 55.2. The van der Waals surface area contributed by atoms with Gasteiger partial charge in [0.25, 0.3) is 0 Å². The topological polar surface area (TPSA) is 237 Å². The average molecular weight is 1400 g/mol. The van der Waals surface area contributed by atoms with Crippen molar-refractivity contribution < 1.29 is 80.2 Å². The summed E-state index contributed by atoms with van der Waals surface area (Å²) in [5.41, 5.74) is 0.